The van der Waals surface area contributed by atoms with Gasteiger partial charge in [-0.25, -0.2) is 4.39 Å². The minimum absolute atomic E-state index is 0.191. The second-order valence-electron chi connectivity index (χ2n) is 5.52. The van der Waals surface area contributed by atoms with E-state index in [4.69, 9.17) is 4.74 Å². The molecular weight excluding hydrogens is 287 g/mol. The molecule has 0 radical (unpaired) electrons. The molecule has 1 atom stereocenters. The van der Waals surface area contributed by atoms with Crippen molar-refractivity contribution in [1.29, 1.82) is 0 Å². The highest BCUT2D eigenvalue weighted by molar-refractivity contribution is 5.92. The highest BCUT2D eigenvalue weighted by atomic mass is 19.1. The van der Waals surface area contributed by atoms with Crippen LogP contribution in [0.4, 0.5) is 4.39 Å². The molecule has 5 nitrogen and oxygen atoms in total. The van der Waals surface area contributed by atoms with Gasteiger partial charge < -0.3 is 14.6 Å². The molecule has 1 fully saturated rings. The smallest absolute Gasteiger partial charge is 0.273 e. The summed E-state index contributed by atoms with van der Waals surface area (Å²) in [6.07, 6.45) is 3.64. The van der Waals surface area contributed by atoms with E-state index in [9.17, 15) is 9.18 Å². The Labute approximate surface area is 127 Å². The average molecular weight is 304 g/mol. The van der Waals surface area contributed by atoms with E-state index in [1.807, 2.05) is 0 Å². The third-order valence-corrected chi connectivity index (χ3v) is 3.65. The van der Waals surface area contributed by atoms with Gasteiger partial charge in [-0.15, -0.1) is 0 Å². The van der Waals surface area contributed by atoms with Gasteiger partial charge in [-0.2, -0.15) is 0 Å². The summed E-state index contributed by atoms with van der Waals surface area (Å²) in [6.45, 7) is 2.34. The van der Waals surface area contributed by atoms with Gasteiger partial charge in [-0.1, -0.05) is 11.2 Å². The van der Waals surface area contributed by atoms with E-state index in [0.29, 0.717) is 18.1 Å². The summed E-state index contributed by atoms with van der Waals surface area (Å²) >= 11 is 0. The van der Waals surface area contributed by atoms with E-state index in [1.165, 1.54) is 18.4 Å². The van der Waals surface area contributed by atoms with E-state index in [2.05, 4.69) is 15.0 Å². The average Bonchev–Trinajstić information content (AvgIpc) is 3.16. The number of carbonyl (C=O) groups is 1. The van der Waals surface area contributed by atoms with Gasteiger partial charge in [0.25, 0.3) is 5.91 Å². The maximum Gasteiger partial charge on any atom is 0.273 e. The summed E-state index contributed by atoms with van der Waals surface area (Å²) in [6, 6.07) is 5.86. The molecule has 0 unspecified atom stereocenters. The first kappa shape index (κ1) is 14.6. The van der Waals surface area contributed by atoms with Crippen LogP contribution < -0.4 is 10.1 Å². The van der Waals surface area contributed by atoms with Crippen LogP contribution in [0, 0.1) is 11.7 Å². The Morgan fingerprint density at radius 2 is 2.32 bits per heavy atom. The number of nitrogens with zero attached hydrogens (tertiary/aromatic N) is 1. The predicted octanol–water partition coefficient (Wildman–Crippen LogP) is 3.09. The van der Waals surface area contributed by atoms with Gasteiger partial charge in [0.1, 0.15) is 6.26 Å². The molecular formula is C16H17FN2O3. The molecule has 1 aromatic heterocycles. The number of benzene rings is 1. The van der Waals surface area contributed by atoms with Gasteiger partial charge >= 0.3 is 0 Å². The lowest BCUT2D eigenvalue weighted by Gasteiger charge is -2.15. The summed E-state index contributed by atoms with van der Waals surface area (Å²) in [4.78, 5) is 11.9. The molecule has 1 N–H and O–H groups in total. The maximum absolute atomic E-state index is 14.0. The Morgan fingerprint density at radius 3 is 2.95 bits per heavy atom. The standard InChI is InChI=1S/C16H17FN2O3/c1-10(18-16(20)14-6-7-22-19-14)12-4-5-15(13(17)8-12)21-9-11-2-3-11/h4-8,10-11H,2-3,9H2,1H3,(H,18,20)/t10-/m1/s1. The zero-order valence-corrected chi connectivity index (χ0v) is 12.2. The lowest BCUT2D eigenvalue weighted by atomic mass is 10.1. The van der Waals surface area contributed by atoms with Gasteiger partial charge in [0.05, 0.1) is 12.6 Å². The van der Waals surface area contributed by atoms with Crippen molar-refractivity contribution in [2.75, 3.05) is 6.61 Å². The van der Waals surface area contributed by atoms with Crippen molar-refractivity contribution in [3.05, 3.63) is 47.6 Å². The number of nitrogens with one attached hydrogen (secondary N) is 1. The summed E-state index contributed by atoms with van der Waals surface area (Å²) in [5.41, 5.74) is 0.852. The molecule has 1 heterocycles. The number of halogens is 1. The predicted molar refractivity (Wildman–Crippen MR) is 77.0 cm³/mol. The monoisotopic (exact) mass is 304 g/mol. The number of hydrogen-bond donors (Lipinski definition) is 1. The van der Waals surface area contributed by atoms with Gasteiger partial charge in [0.15, 0.2) is 17.3 Å². The lowest BCUT2D eigenvalue weighted by molar-refractivity contribution is 0.0930. The molecule has 1 aliphatic rings. The van der Waals surface area contributed by atoms with Crippen LogP contribution in [0.25, 0.3) is 0 Å². The molecule has 3 rings (SSSR count). The zero-order chi connectivity index (χ0) is 15.5. The first-order valence-corrected chi connectivity index (χ1v) is 7.27. The van der Waals surface area contributed by atoms with Crippen LogP contribution in [0.1, 0.15) is 41.9 Å². The molecule has 22 heavy (non-hydrogen) atoms. The van der Waals surface area contributed by atoms with E-state index in [-0.39, 0.29) is 23.4 Å². The van der Waals surface area contributed by atoms with Gasteiger partial charge in [-0.05, 0) is 43.4 Å². The Bertz CT molecular complexity index is 653. The van der Waals surface area contributed by atoms with E-state index < -0.39 is 5.82 Å². The van der Waals surface area contributed by atoms with Crippen molar-refractivity contribution < 1.29 is 18.4 Å². The van der Waals surface area contributed by atoms with Gasteiger partial charge in [0, 0.05) is 6.07 Å². The molecule has 1 aliphatic carbocycles. The fraction of sp³-hybridized carbons (Fsp3) is 0.375. The SMILES string of the molecule is C[C@@H](NC(=O)c1ccon1)c1ccc(OCC2CC2)c(F)c1. The molecule has 2 aromatic rings. The van der Waals surface area contributed by atoms with Crippen LogP contribution in [0.3, 0.4) is 0 Å². The van der Waals surface area contributed by atoms with Crippen molar-refractivity contribution >= 4 is 5.91 Å². The molecule has 1 amide bonds. The fourth-order valence-electron chi connectivity index (χ4n) is 2.08. The normalized spacial score (nSPS) is 15.4. The van der Waals surface area contributed by atoms with Crippen LogP contribution in [0.2, 0.25) is 0 Å². The Hall–Kier alpha value is -2.37. The van der Waals surface area contributed by atoms with E-state index in [1.54, 1.807) is 19.1 Å². The van der Waals surface area contributed by atoms with Crippen LogP contribution in [-0.2, 0) is 0 Å². The first-order chi connectivity index (χ1) is 10.6. The van der Waals surface area contributed by atoms with Gasteiger partial charge in [-0.3, -0.25) is 4.79 Å². The zero-order valence-electron chi connectivity index (χ0n) is 12.2. The quantitative estimate of drug-likeness (QED) is 0.890. The molecule has 0 bridgehead atoms. The molecule has 1 saturated carbocycles. The highest BCUT2D eigenvalue weighted by Crippen LogP contribution is 2.30. The van der Waals surface area contributed by atoms with Crippen molar-refractivity contribution in [2.24, 2.45) is 5.92 Å². The molecule has 1 aromatic carbocycles. The van der Waals surface area contributed by atoms with Crippen LogP contribution in [0.5, 0.6) is 5.75 Å². The Morgan fingerprint density at radius 1 is 1.50 bits per heavy atom. The van der Waals surface area contributed by atoms with Crippen molar-refractivity contribution in [2.45, 2.75) is 25.8 Å². The summed E-state index contributed by atoms with van der Waals surface area (Å²) in [7, 11) is 0. The Balaban J connectivity index is 1.63. The minimum Gasteiger partial charge on any atom is -0.490 e. The van der Waals surface area contributed by atoms with Crippen molar-refractivity contribution in [1.82, 2.24) is 10.5 Å². The van der Waals surface area contributed by atoms with Crippen molar-refractivity contribution in [3.8, 4) is 5.75 Å². The number of carbonyl (C=O) groups excluding carboxylic acids is 1. The number of amides is 1. The second kappa shape index (κ2) is 6.17. The van der Waals surface area contributed by atoms with Crippen molar-refractivity contribution in [3.63, 3.8) is 0 Å². The topological polar surface area (TPSA) is 64.4 Å². The first-order valence-electron chi connectivity index (χ1n) is 7.27. The molecule has 6 heteroatoms. The van der Waals surface area contributed by atoms with Crippen LogP contribution >= 0.6 is 0 Å². The number of ether oxygens (including phenoxy) is 1. The molecule has 0 spiro atoms. The fourth-order valence-corrected chi connectivity index (χ4v) is 2.08. The van der Waals surface area contributed by atoms with Crippen LogP contribution in [0.15, 0.2) is 35.1 Å². The highest BCUT2D eigenvalue weighted by Gasteiger charge is 2.22. The number of hydrogen-bond acceptors (Lipinski definition) is 4. The lowest BCUT2D eigenvalue weighted by Crippen LogP contribution is -2.26. The summed E-state index contributed by atoms with van der Waals surface area (Å²) in [5.74, 6) is 0.0434. The van der Waals surface area contributed by atoms with Gasteiger partial charge in [0.2, 0.25) is 0 Å². The molecule has 0 saturated heterocycles. The maximum atomic E-state index is 14.0. The van der Waals surface area contributed by atoms with Crippen LogP contribution in [-0.4, -0.2) is 17.7 Å². The molecule has 0 aliphatic heterocycles. The number of rotatable bonds is 6. The Kier molecular flexibility index (Phi) is 4.09. The third kappa shape index (κ3) is 3.44. The third-order valence-electron chi connectivity index (χ3n) is 3.65. The summed E-state index contributed by atoms with van der Waals surface area (Å²) < 4.78 is 24.1. The molecule has 116 valence electrons. The van der Waals surface area contributed by atoms with E-state index in [0.717, 1.165) is 12.8 Å². The minimum atomic E-state index is -0.416. The number of aromatic nitrogens is 1. The van der Waals surface area contributed by atoms with E-state index >= 15 is 0 Å². The summed E-state index contributed by atoms with van der Waals surface area (Å²) in [5, 5.41) is 6.30. The second-order valence-corrected chi connectivity index (χ2v) is 5.52. The largest absolute Gasteiger partial charge is 0.490 e.